The van der Waals surface area contributed by atoms with Crippen LogP contribution in [0.3, 0.4) is 0 Å². The van der Waals surface area contributed by atoms with Crippen molar-refractivity contribution in [2.45, 2.75) is 0 Å². The van der Waals surface area contributed by atoms with E-state index in [0.29, 0.717) is 0 Å². The van der Waals surface area contributed by atoms with Crippen molar-refractivity contribution < 1.29 is 50.5 Å². The minimum absolute atomic E-state index is 0. The molecule has 0 aromatic heterocycles. The van der Waals surface area contributed by atoms with Gasteiger partial charge in [0, 0.05) is 0 Å². The fourth-order valence-electron chi connectivity index (χ4n) is 0.186. The SMILES string of the molecule is O=C(OS(=O)(=O)O)OS(=O)(=O)O.[Ca+2].[Ca+2].[Ca+2].[Ca+2].[H-].[H-].[H-].[H-].[H-].[H-].[H-].[H-]. The molecule has 2 N–H and O–H groups in total. The van der Waals surface area contributed by atoms with Gasteiger partial charge in [0.2, 0.25) is 0 Å². The predicted molar refractivity (Wildman–Crippen MR) is 62.6 cm³/mol. The van der Waals surface area contributed by atoms with Crippen molar-refractivity contribution in [1.29, 1.82) is 0 Å². The van der Waals surface area contributed by atoms with Gasteiger partial charge in [0.1, 0.15) is 0 Å². The number of carbonyl (C=O) groups excluding carboxylic acids is 1. The van der Waals surface area contributed by atoms with E-state index in [2.05, 4.69) is 8.37 Å². The Balaban J connectivity index is -0.00000000917. The van der Waals surface area contributed by atoms with E-state index in [4.69, 9.17) is 9.11 Å². The Morgan fingerprint density at radius 1 is 0.812 bits per heavy atom. The van der Waals surface area contributed by atoms with E-state index in [1.807, 2.05) is 0 Å². The molecule has 9 nitrogen and oxygen atoms in total. The summed E-state index contributed by atoms with van der Waals surface area (Å²) in [5, 5.41) is 0. The van der Waals surface area contributed by atoms with Gasteiger partial charge in [-0.2, -0.15) is 16.8 Å². The van der Waals surface area contributed by atoms with Crippen molar-refractivity contribution in [3.05, 3.63) is 0 Å². The van der Waals surface area contributed by atoms with Crippen molar-refractivity contribution in [3.63, 3.8) is 0 Å². The van der Waals surface area contributed by atoms with Gasteiger partial charge in [-0.15, -0.1) is 0 Å². The molecule has 0 heterocycles. The van der Waals surface area contributed by atoms with Crippen LogP contribution in [-0.4, -0.2) is 183 Å². The fourth-order valence-corrected chi connectivity index (χ4v) is 0.641. The molecule has 0 aliphatic heterocycles. The maximum atomic E-state index is 9.95. The van der Waals surface area contributed by atoms with Gasteiger partial charge in [-0.1, -0.05) is 0 Å². The standard InChI is InChI=1S/CH2O9S2.4Ca.8H/c2-1(9-11(3,4)5)10-12(6,7)8;;;;;;;;;;;;/h(H,3,4,5)(H,6,7,8);;;;;;;;;;;;/q;4*+2;8*-1. The van der Waals surface area contributed by atoms with Crippen LogP contribution in [0.25, 0.3) is 0 Å². The summed E-state index contributed by atoms with van der Waals surface area (Å²) >= 11 is 0. The summed E-state index contributed by atoms with van der Waals surface area (Å²) in [6.45, 7) is 0. The molecule has 0 saturated heterocycles. The third-order valence-corrected chi connectivity index (χ3v) is 1.04. The summed E-state index contributed by atoms with van der Waals surface area (Å²) in [6.07, 6.45) is -2.29. The van der Waals surface area contributed by atoms with E-state index in [1.165, 1.54) is 0 Å². The molecule has 0 radical (unpaired) electrons. The molecule has 15 heteroatoms. The van der Waals surface area contributed by atoms with Crippen molar-refractivity contribution in [3.8, 4) is 0 Å². The number of rotatable bonds is 2. The summed E-state index contributed by atoms with van der Waals surface area (Å²) in [7, 11) is -10.3. The Morgan fingerprint density at radius 2 is 1.00 bits per heavy atom. The quantitative estimate of drug-likeness (QED) is 0.409. The first-order chi connectivity index (χ1) is 5.10. The first kappa shape index (κ1) is 32.2. The zero-order valence-corrected chi connectivity index (χ0v) is 18.4. The summed E-state index contributed by atoms with van der Waals surface area (Å²) in [6, 6.07) is 0. The largest absolute Gasteiger partial charge is 2.00 e. The number of carbonyl (C=O) groups is 1. The summed E-state index contributed by atoms with van der Waals surface area (Å²) in [5.74, 6) is 0. The molecule has 0 saturated carbocycles. The van der Waals surface area contributed by atoms with E-state index >= 15 is 0 Å². The molecule has 0 atom stereocenters. The van der Waals surface area contributed by atoms with E-state index in [0.717, 1.165) is 0 Å². The molecule has 0 spiro atoms. The van der Waals surface area contributed by atoms with Gasteiger partial charge in [0.15, 0.2) is 0 Å². The van der Waals surface area contributed by atoms with Crippen LogP contribution in [0.5, 0.6) is 0 Å². The topological polar surface area (TPSA) is 144 Å². The second-order valence-corrected chi connectivity index (χ2v) is 3.32. The maximum absolute atomic E-state index is 9.95. The van der Waals surface area contributed by atoms with Crippen LogP contribution in [-0.2, 0) is 29.2 Å². The number of hydrogen-bond donors (Lipinski definition) is 2. The molecule has 0 aromatic carbocycles. The van der Waals surface area contributed by atoms with Crippen LogP contribution in [0.15, 0.2) is 0 Å². The minimum atomic E-state index is -5.15. The number of hydrogen-bond acceptors (Lipinski definition) is 7. The van der Waals surface area contributed by atoms with Gasteiger partial charge in [-0.3, -0.25) is 17.5 Å². The Morgan fingerprint density at radius 3 is 1.12 bits per heavy atom. The van der Waals surface area contributed by atoms with Crippen molar-refractivity contribution >= 4 is 178 Å². The predicted octanol–water partition coefficient (Wildman–Crippen LogP) is -1.88. The van der Waals surface area contributed by atoms with Gasteiger partial charge in [-0.25, -0.2) is 4.79 Å². The van der Waals surface area contributed by atoms with E-state index in [9.17, 15) is 21.6 Å². The van der Waals surface area contributed by atoms with Crippen molar-refractivity contribution in [2.24, 2.45) is 0 Å². The van der Waals surface area contributed by atoms with Crippen molar-refractivity contribution in [2.75, 3.05) is 0 Å². The van der Waals surface area contributed by atoms with Gasteiger partial charge < -0.3 is 11.4 Å². The Labute approximate surface area is 223 Å². The Kier molecular flexibility index (Phi) is 28.3. The van der Waals surface area contributed by atoms with Crippen LogP contribution in [0.1, 0.15) is 11.4 Å². The van der Waals surface area contributed by atoms with Crippen LogP contribution in [0.2, 0.25) is 0 Å². The third kappa shape index (κ3) is 26.6. The molecule has 0 aromatic rings. The molecule has 0 amide bonds. The van der Waals surface area contributed by atoms with Gasteiger partial charge in [0.25, 0.3) is 0 Å². The van der Waals surface area contributed by atoms with Crippen molar-refractivity contribution in [1.82, 2.24) is 0 Å². The molecule has 16 heavy (non-hydrogen) atoms. The van der Waals surface area contributed by atoms with Crippen LogP contribution in [0.4, 0.5) is 4.79 Å². The second-order valence-electron chi connectivity index (χ2n) is 1.27. The zero-order valence-electron chi connectivity index (χ0n) is 15.9. The van der Waals surface area contributed by atoms with Crippen LogP contribution in [0, 0.1) is 0 Å². The Bertz CT molecular complexity index is 354. The molecule has 0 fully saturated rings. The molecule has 0 unspecified atom stereocenters. The van der Waals surface area contributed by atoms with E-state index in [1.54, 1.807) is 0 Å². The van der Waals surface area contributed by atoms with E-state index < -0.39 is 27.0 Å². The maximum Gasteiger partial charge on any atom is 2.00 e. The normalized spacial score (nSPS) is 9.12. The molecule has 88 valence electrons. The van der Waals surface area contributed by atoms with Crippen LogP contribution >= 0.6 is 0 Å². The van der Waals surface area contributed by atoms with E-state index in [-0.39, 0.29) is 162 Å². The molecule has 0 aliphatic carbocycles. The molecule has 0 rings (SSSR count). The second kappa shape index (κ2) is 14.1. The molecule has 0 aliphatic rings. The molecular weight excluding hydrogens is 380 g/mol. The molecular formula is CH10Ca4O9S2. The van der Waals surface area contributed by atoms with Gasteiger partial charge in [0.05, 0.1) is 0 Å². The molecule has 0 bridgehead atoms. The average molecular weight is 391 g/mol. The fraction of sp³-hybridized carbons (Fsp3) is 0. The summed E-state index contributed by atoms with van der Waals surface area (Å²) in [5.41, 5.74) is 0. The first-order valence-electron chi connectivity index (χ1n) is 1.98. The smallest absolute Gasteiger partial charge is 1.00 e. The zero-order chi connectivity index (χ0) is 9.99. The monoisotopic (exact) mass is 390 g/mol. The average Bonchev–Trinajstić information content (AvgIpc) is 1.49. The van der Waals surface area contributed by atoms with Gasteiger partial charge >= 0.3 is 178 Å². The van der Waals surface area contributed by atoms with Gasteiger partial charge in [-0.05, 0) is 0 Å². The summed E-state index contributed by atoms with van der Waals surface area (Å²) < 4.78 is 60.1. The first-order valence-corrected chi connectivity index (χ1v) is 4.71. The van der Waals surface area contributed by atoms with Crippen LogP contribution < -0.4 is 0 Å². The third-order valence-electron chi connectivity index (χ3n) is 0.347. The minimum Gasteiger partial charge on any atom is -1.00 e. The Hall–Kier alpha value is 4.13. The summed E-state index contributed by atoms with van der Waals surface area (Å²) in [4.78, 5) is 9.95.